The van der Waals surface area contributed by atoms with Crippen molar-refractivity contribution in [3.8, 4) is 17.2 Å². The predicted molar refractivity (Wildman–Crippen MR) is 106 cm³/mol. The van der Waals surface area contributed by atoms with Crippen LogP contribution in [0, 0.1) is 0 Å². The Morgan fingerprint density at radius 2 is 1.55 bits per heavy atom. The highest BCUT2D eigenvalue weighted by atomic mass is 16.5. The molecule has 0 radical (unpaired) electrons. The monoisotopic (exact) mass is 388 g/mol. The number of ether oxygens (including phenoxy) is 2. The number of nitrogens with one attached hydrogen (secondary N) is 2. The zero-order valence-corrected chi connectivity index (χ0v) is 15.4. The Morgan fingerprint density at radius 3 is 2.31 bits per heavy atom. The number of benzene rings is 3. The normalized spacial score (nSPS) is 12.2. The smallest absolute Gasteiger partial charge is 0.259 e. The molecule has 0 fully saturated rings. The Bertz CT molecular complexity index is 1120. The molecule has 0 saturated carbocycles. The number of imide groups is 1. The van der Waals surface area contributed by atoms with E-state index in [4.69, 9.17) is 9.47 Å². The van der Waals surface area contributed by atoms with Gasteiger partial charge in [-0.3, -0.25) is 19.7 Å². The lowest BCUT2D eigenvalue weighted by molar-refractivity contribution is 0.0878. The van der Waals surface area contributed by atoms with Crippen LogP contribution in [0.3, 0.4) is 0 Å². The van der Waals surface area contributed by atoms with Crippen LogP contribution in [-0.2, 0) is 0 Å². The molecule has 3 aromatic carbocycles. The van der Waals surface area contributed by atoms with E-state index in [-0.39, 0.29) is 11.5 Å². The number of methoxy groups -OCH3 is 1. The van der Waals surface area contributed by atoms with Crippen molar-refractivity contribution in [3.05, 3.63) is 83.4 Å². The van der Waals surface area contributed by atoms with Crippen molar-refractivity contribution >= 4 is 23.4 Å². The Labute approximate surface area is 166 Å². The summed E-state index contributed by atoms with van der Waals surface area (Å²) in [6.45, 7) is 0. The standard InChI is InChI=1S/C22H16N2O5/c1-28-16-4-2-3-13(11-16)20(25)23-14-5-7-15(8-6-14)29-17-9-10-18-19(12-17)22(27)24-21(18)26/h2-12H,1H3,(H,23,25)(H,24,26,27). The van der Waals surface area contributed by atoms with E-state index < -0.39 is 11.8 Å². The Balaban J connectivity index is 1.44. The Kier molecular flexibility index (Phi) is 4.70. The van der Waals surface area contributed by atoms with E-state index in [1.807, 2.05) is 0 Å². The van der Waals surface area contributed by atoms with Gasteiger partial charge in [-0.15, -0.1) is 0 Å². The molecule has 1 aliphatic heterocycles. The van der Waals surface area contributed by atoms with Crippen LogP contribution in [0.25, 0.3) is 0 Å². The van der Waals surface area contributed by atoms with Crippen LogP contribution in [0.2, 0.25) is 0 Å². The summed E-state index contributed by atoms with van der Waals surface area (Å²) in [4.78, 5) is 35.7. The average molecular weight is 388 g/mol. The average Bonchev–Trinajstić information content (AvgIpc) is 3.02. The van der Waals surface area contributed by atoms with Crippen LogP contribution in [-0.4, -0.2) is 24.8 Å². The summed E-state index contributed by atoms with van der Waals surface area (Å²) in [5.74, 6) is 0.451. The SMILES string of the molecule is COc1cccc(C(=O)Nc2ccc(Oc3ccc4c(c3)C(=O)NC4=O)cc2)c1. The fraction of sp³-hybridized carbons (Fsp3) is 0.0455. The molecule has 0 unspecified atom stereocenters. The fourth-order valence-electron chi connectivity index (χ4n) is 2.92. The molecule has 0 atom stereocenters. The molecule has 3 amide bonds. The van der Waals surface area contributed by atoms with E-state index in [0.29, 0.717) is 34.1 Å². The Morgan fingerprint density at radius 1 is 0.828 bits per heavy atom. The highest BCUT2D eigenvalue weighted by molar-refractivity contribution is 6.21. The van der Waals surface area contributed by atoms with E-state index in [9.17, 15) is 14.4 Å². The lowest BCUT2D eigenvalue weighted by Gasteiger charge is -2.09. The first kappa shape index (κ1) is 18.2. The second kappa shape index (κ2) is 7.47. The van der Waals surface area contributed by atoms with E-state index in [1.54, 1.807) is 67.8 Å². The first-order valence-electron chi connectivity index (χ1n) is 8.76. The van der Waals surface area contributed by atoms with Crippen molar-refractivity contribution in [2.45, 2.75) is 0 Å². The molecule has 4 rings (SSSR count). The summed E-state index contributed by atoms with van der Waals surface area (Å²) >= 11 is 0. The number of rotatable bonds is 5. The molecular formula is C22H16N2O5. The van der Waals surface area contributed by atoms with Crippen LogP contribution in [0.1, 0.15) is 31.1 Å². The fourth-order valence-corrected chi connectivity index (χ4v) is 2.92. The van der Waals surface area contributed by atoms with Crippen molar-refractivity contribution in [1.82, 2.24) is 5.32 Å². The van der Waals surface area contributed by atoms with Gasteiger partial charge >= 0.3 is 0 Å². The topological polar surface area (TPSA) is 93.7 Å². The van der Waals surface area contributed by atoms with Gasteiger partial charge in [0.1, 0.15) is 17.2 Å². The molecule has 7 heteroatoms. The maximum Gasteiger partial charge on any atom is 0.259 e. The third-order valence-electron chi connectivity index (χ3n) is 4.39. The minimum absolute atomic E-state index is 0.258. The summed E-state index contributed by atoms with van der Waals surface area (Å²) in [6, 6.07) is 18.4. The Hall–Kier alpha value is -4.13. The molecule has 3 aromatic rings. The van der Waals surface area contributed by atoms with Gasteiger partial charge in [-0.05, 0) is 60.7 Å². The number of fused-ring (bicyclic) bond motifs is 1. The summed E-state index contributed by atoms with van der Waals surface area (Å²) in [7, 11) is 1.54. The molecule has 0 saturated heterocycles. The molecule has 0 aliphatic carbocycles. The number of amides is 3. The zero-order valence-electron chi connectivity index (χ0n) is 15.4. The van der Waals surface area contributed by atoms with Gasteiger partial charge in [0.25, 0.3) is 17.7 Å². The maximum atomic E-state index is 12.4. The van der Waals surface area contributed by atoms with E-state index in [2.05, 4.69) is 10.6 Å². The second-order valence-corrected chi connectivity index (χ2v) is 6.30. The van der Waals surface area contributed by atoms with E-state index in [0.717, 1.165) is 0 Å². The summed E-state index contributed by atoms with van der Waals surface area (Å²) in [6.07, 6.45) is 0. The molecule has 7 nitrogen and oxygen atoms in total. The highest BCUT2D eigenvalue weighted by Crippen LogP contribution is 2.27. The zero-order chi connectivity index (χ0) is 20.4. The molecule has 0 aromatic heterocycles. The van der Waals surface area contributed by atoms with Gasteiger partial charge in [0.05, 0.1) is 18.2 Å². The van der Waals surface area contributed by atoms with Crippen LogP contribution in [0.5, 0.6) is 17.2 Å². The van der Waals surface area contributed by atoms with Gasteiger partial charge < -0.3 is 14.8 Å². The molecule has 29 heavy (non-hydrogen) atoms. The molecular weight excluding hydrogens is 372 g/mol. The quantitative estimate of drug-likeness (QED) is 0.651. The number of hydrogen-bond acceptors (Lipinski definition) is 5. The van der Waals surface area contributed by atoms with Crippen molar-refractivity contribution in [2.24, 2.45) is 0 Å². The highest BCUT2D eigenvalue weighted by Gasteiger charge is 2.26. The minimum Gasteiger partial charge on any atom is -0.497 e. The molecule has 1 heterocycles. The van der Waals surface area contributed by atoms with Gasteiger partial charge in [0.2, 0.25) is 0 Å². The number of hydrogen-bond donors (Lipinski definition) is 2. The summed E-state index contributed by atoms with van der Waals surface area (Å²) < 4.78 is 10.9. The van der Waals surface area contributed by atoms with Crippen LogP contribution >= 0.6 is 0 Å². The minimum atomic E-state index is -0.439. The predicted octanol–water partition coefficient (Wildman–Crippen LogP) is 3.62. The largest absolute Gasteiger partial charge is 0.497 e. The molecule has 0 spiro atoms. The van der Waals surface area contributed by atoms with Gasteiger partial charge in [-0.2, -0.15) is 0 Å². The van der Waals surface area contributed by atoms with Crippen molar-refractivity contribution in [3.63, 3.8) is 0 Å². The van der Waals surface area contributed by atoms with Crippen molar-refractivity contribution in [2.75, 3.05) is 12.4 Å². The van der Waals surface area contributed by atoms with Crippen LogP contribution < -0.4 is 20.1 Å². The van der Waals surface area contributed by atoms with Gasteiger partial charge in [-0.25, -0.2) is 0 Å². The molecule has 144 valence electrons. The molecule has 2 N–H and O–H groups in total. The van der Waals surface area contributed by atoms with E-state index >= 15 is 0 Å². The van der Waals surface area contributed by atoms with E-state index in [1.165, 1.54) is 6.07 Å². The number of carbonyl (C=O) groups is 3. The van der Waals surface area contributed by atoms with Crippen molar-refractivity contribution in [1.29, 1.82) is 0 Å². The van der Waals surface area contributed by atoms with Crippen LogP contribution in [0.4, 0.5) is 5.69 Å². The summed E-state index contributed by atoms with van der Waals surface area (Å²) in [5, 5.41) is 5.04. The van der Waals surface area contributed by atoms with Gasteiger partial charge in [0.15, 0.2) is 0 Å². The van der Waals surface area contributed by atoms with Crippen LogP contribution in [0.15, 0.2) is 66.7 Å². The molecule has 1 aliphatic rings. The second-order valence-electron chi connectivity index (χ2n) is 6.30. The third kappa shape index (κ3) is 3.79. The number of anilines is 1. The third-order valence-corrected chi connectivity index (χ3v) is 4.39. The number of carbonyl (C=O) groups excluding carboxylic acids is 3. The summed E-state index contributed by atoms with van der Waals surface area (Å²) in [5.41, 5.74) is 1.70. The lowest BCUT2D eigenvalue weighted by atomic mass is 10.1. The van der Waals surface area contributed by atoms with Gasteiger partial charge in [0, 0.05) is 11.3 Å². The van der Waals surface area contributed by atoms with Crippen molar-refractivity contribution < 1.29 is 23.9 Å². The first-order chi connectivity index (χ1) is 14.0. The first-order valence-corrected chi connectivity index (χ1v) is 8.76. The maximum absolute atomic E-state index is 12.4. The lowest BCUT2D eigenvalue weighted by Crippen LogP contribution is -2.19. The van der Waals surface area contributed by atoms with Gasteiger partial charge in [-0.1, -0.05) is 6.07 Å². The molecule has 0 bridgehead atoms.